The highest BCUT2D eigenvalue weighted by Gasteiger charge is 2.13. The molecule has 0 radical (unpaired) electrons. The van der Waals surface area contributed by atoms with Crippen molar-refractivity contribution in [3.05, 3.63) is 0 Å². The van der Waals surface area contributed by atoms with Gasteiger partial charge in [-0.3, -0.25) is 4.79 Å². The van der Waals surface area contributed by atoms with E-state index < -0.39 is 6.10 Å². The number of amides is 1. The van der Waals surface area contributed by atoms with E-state index in [1.807, 2.05) is 20.8 Å². The average Bonchev–Trinajstić information content (AvgIpc) is 2.09. The van der Waals surface area contributed by atoms with Gasteiger partial charge >= 0.3 is 0 Å². The van der Waals surface area contributed by atoms with Gasteiger partial charge in [0.15, 0.2) is 0 Å². The predicted molar refractivity (Wildman–Crippen MR) is 51.8 cm³/mol. The summed E-state index contributed by atoms with van der Waals surface area (Å²) < 4.78 is 5.20. The Morgan fingerprint density at radius 2 is 2.07 bits per heavy atom. The van der Waals surface area contributed by atoms with Gasteiger partial charge in [0.1, 0.15) is 6.61 Å². The van der Waals surface area contributed by atoms with Gasteiger partial charge in [0.2, 0.25) is 5.91 Å². The summed E-state index contributed by atoms with van der Waals surface area (Å²) in [6.07, 6.45) is -0.909. The van der Waals surface area contributed by atoms with Crippen LogP contribution in [0.15, 0.2) is 0 Å². The third-order valence-electron chi connectivity index (χ3n) is 1.38. The molecule has 5 heteroatoms. The summed E-state index contributed by atoms with van der Waals surface area (Å²) in [5, 5.41) is 19.8. The quantitative estimate of drug-likeness (QED) is 0.553. The van der Waals surface area contributed by atoms with E-state index in [1.54, 1.807) is 0 Å². The largest absolute Gasteiger partial charge is 0.394 e. The number of nitrogens with one attached hydrogen (secondary N) is 1. The lowest BCUT2D eigenvalue weighted by Gasteiger charge is -2.19. The molecular formula is C9H19NO4. The lowest BCUT2D eigenvalue weighted by Crippen LogP contribution is -2.37. The van der Waals surface area contributed by atoms with Crippen LogP contribution in [0.3, 0.4) is 0 Å². The Kier molecular flexibility index (Phi) is 5.68. The van der Waals surface area contributed by atoms with Gasteiger partial charge in [0.25, 0.3) is 0 Å². The van der Waals surface area contributed by atoms with Gasteiger partial charge in [-0.1, -0.05) is 0 Å². The normalized spacial score (nSPS) is 13.8. The fourth-order valence-corrected chi connectivity index (χ4v) is 0.629. The highest BCUT2D eigenvalue weighted by molar-refractivity contribution is 5.77. The van der Waals surface area contributed by atoms with Crippen LogP contribution < -0.4 is 5.32 Å². The number of hydrogen-bond acceptors (Lipinski definition) is 4. The number of rotatable bonds is 5. The molecule has 84 valence electrons. The minimum absolute atomic E-state index is 0.0400. The minimum Gasteiger partial charge on any atom is -0.394 e. The molecule has 0 rings (SSSR count). The average molecular weight is 205 g/mol. The number of aliphatic hydroxyl groups is 2. The number of carbonyl (C=O) groups excluding carboxylic acids is 1. The summed E-state index contributed by atoms with van der Waals surface area (Å²) in [7, 11) is 0. The molecule has 0 fully saturated rings. The monoisotopic (exact) mass is 205 g/mol. The molecule has 3 N–H and O–H groups in total. The van der Waals surface area contributed by atoms with Gasteiger partial charge in [-0.05, 0) is 20.8 Å². The zero-order chi connectivity index (χ0) is 11.2. The van der Waals surface area contributed by atoms with Crippen LogP contribution in [0.4, 0.5) is 0 Å². The van der Waals surface area contributed by atoms with Crippen molar-refractivity contribution >= 4 is 5.91 Å². The SMILES string of the molecule is CC(C)(C)OCC(=O)NCC(O)CO. The number of aliphatic hydroxyl groups excluding tert-OH is 2. The van der Waals surface area contributed by atoms with E-state index in [-0.39, 0.29) is 31.3 Å². The molecule has 0 aromatic heterocycles. The highest BCUT2D eigenvalue weighted by Crippen LogP contribution is 2.05. The Labute approximate surface area is 84.1 Å². The third kappa shape index (κ3) is 7.97. The number of hydrogen-bond donors (Lipinski definition) is 3. The fourth-order valence-electron chi connectivity index (χ4n) is 0.629. The number of carbonyl (C=O) groups is 1. The molecule has 1 unspecified atom stereocenters. The Morgan fingerprint density at radius 1 is 1.50 bits per heavy atom. The van der Waals surface area contributed by atoms with E-state index in [4.69, 9.17) is 14.9 Å². The van der Waals surface area contributed by atoms with Crippen molar-refractivity contribution < 1.29 is 19.7 Å². The van der Waals surface area contributed by atoms with E-state index in [2.05, 4.69) is 5.32 Å². The Hall–Kier alpha value is -0.650. The van der Waals surface area contributed by atoms with Crippen LogP contribution >= 0.6 is 0 Å². The van der Waals surface area contributed by atoms with Crippen LogP contribution in [0.2, 0.25) is 0 Å². The van der Waals surface area contributed by atoms with Crippen LogP contribution in [0.5, 0.6) is 0 Å². The van der Waals surface area contributed by atoms with E-state index in [1.165, 1.54) is 0 Å². The summed E-state index contributed by atoms with van der Waals surface area (Å²) in [5.74, 6) is -0.299. The lowest BCUT2D eigenvalue weighted by atomic mass is 10.2. The smallest absolute Gasteiger partial charge is 0.246 e. The van der Waals surface area contributed by atoms with Crippen LogP contribution in [0.25, 0.3) is 0 Å². The molecule has 1 atom stereocenters. The number of ether oxygens (including phenoxy) is 1. The molecule has 0 saturated carbocycles. The predicted octanol–water partition coefficient (Wildman–Crippen LogP) is -0.729. The zero-order valence-electron chi connectivity index (χ0n) is 8.91. The van der Waals surface area contributed by atoms with Crippen molar-refractivity contribution in [2.45, 2.75) is 32.5 Å². The van der Waals surface area contributed by atoms with Gasteiger partial charge in [-0.2, -0.15) is 0 Å². The topological polar surface area (TPSA) is 78.8 Å². The molecular weight excluding hydrogens is 186 g/mol. The lowest BCUT2D eigenvalue weighted by molar-refractivity contribution is -0.131. The van der Waals surface area contributed by atoms with Crippen molar-refractivity contribution in [1.29, 1.82) is 0 Å². The molecule has 0 bridgehead atoms. The standard InChI is InChI=1S/C9H19NO4/c1-9(2,3)14-6-8(13)10-4-7(12)5-11/h7,11-12H,4-6H2,1-3H3,(H,10,13). The van der Waals surface area contributed by atoms with Crippen molar-refractivity contribution in [1.82, 2.24) is 5.32 Å². The summed E-state index contributed by atoms with van der Waals surface area (Å²) in [6.45, 7) is 5.19. The van der Waals surface area contributed by atoms with E-state index in [0.717, 1.165) is 0 Å². The molecule has 0 aliphatic carbocycles. The first-order chi connectivity index (χ1) is 6.35. The first-order valence-electron chi connectivity index (χ1n) is 4.54. The highest BCUT2D eigenvalue weighted by atomic mass is 16.5. The summed E-state index contributed by atoms with van der Waals surface area (Å²) in [4.78, 5) is 11.1. The molecule has 0 spiro atoms. The molecule has 0 aromatic rings. The van der Waals surface area contributed by atoms with Crippen LogP contribution in [-0.2, 0) is 9.53 Å². The Morgan fingerprint density at radius 3 is 2.50 bits per heavy atom. The second-order valence-electron chi connectivity index (χ2n) is 4.04. The summed E-state index contributed by atoms with van der Waals surface area (Å²) in [5.41, 5.74) is -0.354. The van der Waals surface area contributed by atoms with Crippen LogP contribution in [-0.4, -0.2) is 47.6 Å². The van der Waals surface area contributed by atoms with Gasteiger partial charge < -0.3 is 20.3 Å². The first-order valence-corrected chi connectivity index (χ1v) is 4.54. The van der Waals surface area contributed by atoms with Gasteiger partial charge in [0, 0.05) is 6.54 Å². The maximum Gasteiger partial charge on any atom is 0.246 e. The second kappa shape index (κ2) is 5.95. The van der Waals surface area contributed by atoms with E-state index in [9.17, 15) is 4.79 Å². The molecule has 1 amide bonds. The van der Waals surface area contributed by atoms with E-state index >= 15 is 0 Å². The van der Waals surface area contributed by atoms with Gasteiger partial charge in [0.05, 0.1) is 18.3 Å². The Bertz CT molecular complexity index is 176. The molecule has 0 aromatic carbocycles. The minimum atomic E-state index is -0.909. The van der Waals surface area contributed by atoms with Crippen LogP contribution in [0.1, 0.15) is 20.8 Å². The Balaban J connectivity index is 3.57. The van der Waals surface area contributed by atoms with Gasteiger partial charge in [-0.25, -0.2) is 0 Å². The van der Waals surface area contributed by atoms with Gasteiger partial charge in [-0.15, -0.1) is 0 Å². The summed E-state index contributed by atoms with van der Waals surface area (Å²) >= 11 is 0. The maximum atomic E-state index is 11.1. The fraction of sp³-hybridized carbons (Fsp3) is 0.889. The third-order valence-corrected chi connectivity index (χ3v) is 1.38. The molecule has 0 aliphatic heterocycles. The maximum absolute atomic E-state index is 11.1. The summed E-state index contributed by atoms with van der Waals surface area (Å²) in [6, 6.07) is 0. The van der Waals surface area contributed by atoms with E-state index in [0.29, 0.717) is 0 Å². The van der Waals surface area contributed by atoms with Crippen molar-refractivity contribution in [2.24, 2.45) is 0 Å². The van der Waals surface area contributed by atoms with Crippen LogP contribution in [0, 0.1) is 0 Å². The molecule has 0 saturated heterocycles. The van der Waals surface area contributed by atoms with Crippen molar-refractivity contribution in [3.8, 4) is 0 Å². The first kappa shape index (κ1) is 13.4. The zero-order valence-corrected chi connectivity index (χ0v) is 8.91. The molecule has 5 nitrogen and oxygen atoms in total. The molecule has 0 aliphatic rings. The second-order valence-corrected chi connectivity index (χ2v) is 4.04. The van der Waals surface area contributed by atoms with Crippen molar-refractivity contribution in [3.63, 3.8) is 0 Å². The molecule has 14 heavy (non-hydrogen) atoms. The van der Waals surface area contributed by atoms with Crippen molar-refractivity contribution in [2.75, 3.05) is 19.8 Å². The molecule has 0 heterocycles.